The van der Waals surface area contributed by atoms with Gasteiger partial charge in [0.1, 0.15) is 10.3 Å². The quantitative estimate of drug-likeness (QED) is 0.363. The summed E-state index contributed by atoms with van der Waals surface area (Å²) < 4.78 is 3.22. The van der Waals surface area contributed by atoms with Crippen molar-refractivity contribution in [2.24, 2.45) is 0 Å². The van der Waals surface area contributed by atoms with Crippen LogP contribution in [0.15, 0.2) is 41.0 Å². The number of hydrogen-bond donors (Lipinski definition) is 0. The summed E-state index contributed by atoms with van der Waals surface area (Å²) in [6.07, 6.45) is 0. The van der Waals surface area contributed by atoms with E-state index in [0.717, 1.165) is 15.9 Å². The van der Waals surface area contributed by atoms with E-state index in [1.54, 1.807) is 0 Å². The van der Waals surface area contributed by atoms with Gasteiger partial charge in [-0.15, -0.1) is 0 Å². The molecule has 25 heavy (non-hydrogen) atoms. The molecular formula is C22H21BrN2. The Kier molecular flexibility index (Phi) is 3.73. The normalized spacial score (nSPS) is 11.6. The lowest BCUT2D eigenvalue weighted by molar-refractivity contribution is 1.08. The molecule has 2 aromatic carbocycles. The van der Waals surface area contributed by atoms with Crippen molar-refractivity contribution in [2.75, 3.05) is 0 Å². The Balaban J connectivity index is 2.23. The summed E-state index contributed by atoms with van der Waals surface area (Å²) in [6, 6.07) is 13.0. The molecule has 2 nitrogen and oxygen atoms in total. The third kappa shape index (κ3) is 2.33. The van der Waals surface area contributed by atoms with E-state index in [4.69, 9.17) is 4.98 Å². The van der Waals surface area contributed by atoms with Gasteiger partial charge in [-0.3, -0.25) is 4.40 Å². The Morgan fingerprint density at radius 3 is 2.12 bits per heavy atom. The molecule has 0 amide bonds. The highest BCUT2D eigenvalue weighted by Crippen LogP contribution is 2.38. The molecule has 0 saturated carbocycles. The van der Waals surface area contributed by atoms with Crippen molar-refractivity contribution in [3.05, 3.63) is 68.9 Å². The van der Waals surface area contributed by atoms with Crippen molar-refractivity contribution in [2.45, 2.75) is 34.6 Å². The van der Waals surface area contributed by atoms with Crippen molar-refractivity contribution in [3.63, 3.8) is 0 Å². The summed E-state index contributed by atoms with van der Waals surface area (Å²) >= 11 is 3.75. The first-order valence-electron chi connectivity index (χ1n) is 8.54. The molecule has 0 N–H and O–H groups in total. The van der Waals surface area contributed by atoms with Crippen LogP contribution in [0.4, 0.5) is 0 Å². The molecule has 2 heterocycles. The van der Waals surface area contributed by atoms with Gasteiger partial charge in [-0.05, 0) is 72.6 Å². The second-order valence-electron chi connectivity index (χ2n) is 6.94. The monoisotopic (exact) mass is 392 g/mol. The predicted molar refractivity (Wildman–Crippen MR) is 110 cm³/mol. The van der Waals surface area contributed by atoms with Crippen LogP contribution in [0.3, 0.4) is 0 Å². The molecule has 0 fully saturated rings. The zero-order valence-corrected chi connectivity index (χ0v) is 16.8. The lowest BCUT2D eigenvalue weighted by Crippen LogP contribution is -2.01. The van der Waals surface area contributed by atoms with Gasteiger partial charge in [-0.2, -0.15) is 0 Å². The molecule has 126 valence electrons. The molecule has 0 saturated heterocycles. The van der Waals surface area contributed by atoms with E-state index in [1.165, 1.54) is 44.3 Å². The minimum atomic E-state index is 0.904. The van der Waals surface area contributed by atoms with Crippen LogP contribution < -0.4 is 0 Å². The first kappa shape index (κ1) is 16.3. The SMILES string of the molecule is Cc1cc(C)c(-c2c(Br)nc3c4ccccc4c(C)c(C)n23)c(C)c1. The fourth-order valence-electron chi connectivity index (χ4n) is 4.04. The summed E-state index contributed by atoms with van der Waals surface area (Å²) in [5, 5.41) is 2.47. The van der Waals surface area contributed by atoms with E-state index in [0.29, 0.717) is 0 Å². The minimum absolute atomic E-state index is 0.904. The van der Waals surface area contributed by atoms with Crippen molar-refractivity contribution >= 4 is 32.3 Å². The van der Waals surface area contributed by atoms with E-state index in [-0.39, 0.29) is 0 Å². The second-order valence-corrected chi connectivity index (χ2v) is 7.69. The molecule has 4 rings (SSSR count). The van der Waals surface area contributed by atoms with Gasteiger partial charge in [0.05, 0.1) is 5.69 Å². The highest BCUT2D eigenvalue weighted by molar-refractivity contribution is 9.10. The number of benzene rings is 2. The van der Waals surface area contributed by atoms with Crippen molar-refractivity contribution in [1.82, 2.24) is 9.38 Å². The fraction of sp³-hybridized carbons (Fsp3) is 0.227. The Bertz CT molecular complexity index is 1130. The standard InChI is InChI=1S/C22H21BrN2/c1-12-10-13(2)19(14(3)11-12)20-21(23)24-22-18-9-7-6-8-17(18)15(4)16(5)25(20)22/h6-11H,1-5H3. The molecule has 0 spiro atoms. The minimum Gasteiger partial charge on any atom is -0.295 e. The summed E-state index contributed by atoms with van der Waals surface area (Å²) in [7, 11) is 0. The van der Waals surface area contributed by atoms with Gasteiger partial charge >= 0.3 is 0 Å². The number of aryl methyl sites for hydroxylation is 5. The van der Waals surface area contributed by atoms with Crippen LogP contribution in [0.5, 0.6) is 0 Å². The smallest absolute Gasteiger partial charge is 0.146 e. The molecule has 0 bridgehead atoms. The number of hydrogen-bond acceptors (Lipinski definition) is 1. The van der Waals surface area contributed by atoms with Crippen LogP contribution in [-0.4, -0.2) is 9.38 Å². The van der Waals surface area contributed by atoms with Crippen molar-refractivity contribution in [1.29, 1.82) is 0 Å². The number of rotatable bonds is 1. The largest absolute Gasteiger partial charge is 0.295 e. The third-order valence-corrected chi connectivity index (χ3v) is 5.75. The highest BCUT2D eigenvalue weighted by atomic mass is 79.9. The van der Waals surface area contributed by atoms with Gasteiger partial charge in [-0.1, -0.05) is 42.0 Å². The van der Waals surface area contributed by atoms with Gasteiger partial charge in [0.2, 0.25) is 0 Å². The number of fused-ring (bicyclic) bond motifs is 3. The maximum absolute atomic E-state index is 4.90. The van der Waals surface area contributed by atoms with E-state index in [2.05, 4.69) is 91.3 Å². The number of aromatic nitrogens is 2. The van der Waals surface area contributed by atoms with Crippen LogP contribution in [0.2, 0.25) is 0 Å². The van der Waals surface area contributed by atoms with Crippen molar-refractivity contribution < 1.29 is 0 Å². The van der Waals surface area contributed by atoms with E-state index in [9.17, 15) is 0 Å². The zero-order valence-electron chi connectivity index (χ0n) is 15.2. The van der Waals surface area contributed by atoms with Crippen LogP contribution in [-0.2, 0) is 0 Å². The maximum Gasteiger partial charge on any atom is 0.146 e. The molecule has 0 unspecified atom stereocenters. The van der Waals surface area contributed by atoms with Crippen LogP contribution in [0, 0.1) is 34.6 Å². The van der Waals surface area contributed by atoms with Gasteiger partial charge in [0.15, 0.2) is 0 Å². The summed E-state index contributed by atoms with van der Waals surface area (Å²) in [4.78, 5) is 4.90. The topological polar surface area (TPSA) is 17.3 Å². The Hall–Kier alpha value is -2.13. The van der Waals surface area contributed by atoms with Crippen LogP contribution in [0.25, 0.3) is 27.7 Å². The van der Waals surface area contributed by atoms with Crippen LogP contribution >= 0.6 is 15.9 Å². The molecule has 0 aliphatic rings. The molecule has 0 aliphatic carbocycles. The Labute approximate surface area is 156 Å². The summed E-state index contributed by atoms with van der Waals surface area (Å²) in [5.41, 5.74) is 9.83. The predicted octanol–water partition coefficient (Wildman–Crippen LogP) is 6.46. The number of imidazole rings is 1. The number of halogens is 1. The van der Waals surface area contributed by atoms with Gasteiger partial charge in [0.25, 0.3) is 0 Å². The second kappa shape index (κ2) is 5.70. The first-order chi connectivity index (χ1) is 11.9. The molecule has 4 aromatic rings. The number of nitrogens with zero attached hydrogens (tertiary/aromatic N) is 2. The maximum atomic E-state index is 4.90. The van der Waals surface area contributed by atoms with E-state index < -0.39 is 0 Å². The average Bonchev–Trinajstić information content (AvgIpc) is 2.89. The lowest BCUT2D eigenvalue weighted by atomic mass is 9.97. The highest BCUT2D eigenvalue weighted by Gasteiger charge is 2.20. The zero-order chi connectivity index (χ0) is 17.9. The van der Waals surface area contributed by atoms with E-state index in [1.807, 2.05) is 0 Å². The molecule has 3 heteroatoms. The van der Waals surface area contributed by atoms with Gasteiger partial charge in [0, 0.05) is 16.6 Å². The molecule has 0 aliphatic heterocycles. The first-order valence-corrected chi connectivity index (χ1v) is 9.33. The lowest BCUT2D eigenvalue weighted by Gasteiger charge is -2.16. The molecule has 0 radical (unpaired) electrons. The Morgan fingerprint density at radius 1 is 0.880 bits per heavy atom. The van der Waals surface area contributed by atoms with E-state index >= 15 is 0 Å². The third-order valence-electron chi connectivity index (χ3n) is 5.20. The molecule has 0 atom stereocenters. The molecular weight excluding hydrogens is 372 g/mol. The summed E-state index contributed by atoms with van der Waals surface area (Å²) in [6.45, 7) is 10.9. The van der Waals surface area contributed by atoms with Crippen LogP contribution in [0.1, 0.15) is 27.9 Å². The average molecular weight is 393 g/mol. The fourth-order valence-corrected chi connectivity index (χ4v) is 4.58. The van der Waals surface area contributed by atoms with Gasteiger partial charge in [-0.25, -0.2) is 4.98 Å². The summed E-state index contributed by atoms with van der Waals surface area (Å²) in [5.74, 6) is 0. The number of pyridine rings is 1. The van der Waals surface area contributed by atoms with Gasteiger partial charge < -0.3 is 0 Å². The Morgan fingerprint density at radius 2 is 1.48 bits per heavy atom. The van der Waals surface area contributed by atoms with Crippen molar-refractivity contribution in [3.8, 4) is 11.3 Å². The molecule has 2 aromatic heterocycles.